The molecular weight excluding hydrogens is 480 g/mol. The van der Waals surface area contributed by atoms with Crippen molar-refractivity contribution in [3.8, 4) is 0 Å². The maximum absolute atomic E-state index is 11.4. The van der Waals surface area contributed by atoms with Crippen LogP contribution in [-0.2, 0) is 28.5 Å². The molecule has 3 saturated carbocycles. The first-order chi connectivity index (χ1) is 18.3. The molecule has 0 aromatic carbocycles. The fourth-order valence-electron chi connectivity index (χ4n) is 9.43. The van der Waals surface area contributed by atoms with Crippen molar-refractivity contribution in [2.45, 2.75) is 111 Å². The zero-order valence-corrected chi connectivity index (χ0v) is 24.0. The van der Waals surface area contributed by atoms with Crippen molar-refractivity contribution in [3.63, 3.8) is 0 Å². The van der Waals surface area contributed by atoms with Crippen molar-refractivity contribution in [1.82, 2.24) is 0 Å². The van der Waals surface area contributed by atoms with Gasteiger partial charge in [-0.05, 0) is 118 Å². The van der Waals surface area contributed by atoms with Gasteiger partial charge >= 0.3 is 11.9 Å². The Balaban J connectivity index is 1.32. The van der Waals surface area contributed by atoms with E-state index >= 15 is 0 Å². The Morgan fingerprint density at radius 3 is 2.47 bits per heavy atom. The largest absolute Gasteiger partial charge is 0.466 e. The Hall–Kier alpha value is -1.40. The summed E-state index contributed by atoms with van der Waals surface area (Å²) in [5.41, 5.74) is 2.10. The Morgan fingerprint density at radius 1 is 0.947 bits per heavy atom. The lowest BCUT2D eigenvalue weighted by molar-refractivity contribution is -0.191. The van der Waals surface area contributed by atoms with E-state index in [1.54, 1.807) is 5.57 Å². The molecular formula is C32H50O6. The summed E-state index contributed by atoms with van der Waals surface area (Å²) in [6.45, 7) is 8.27. The van der Waals surface area contributed by atoms with Crippen molar-refractivity contribution in [2.24, 2.45) is 40.4 Å². The second-order valence-corrected chi connectivity index (χ2v) is 13.3. The summed E-state index contributed by atoms with van der Waals surface area (Å²) < 4.78 is 23.3. The fourth-order valence-corrected chi connectivity index (χ4v) is 9.43. The highest BCUT2D eigenvalue weighted by molar-refractivity contribution is 5.66. The van der Waals surface area contributed by atoms with Gasteiger partial charge in [0.15, 0.2) is 6.29 Å². The topological polar surface area (TPSA) is 71.1 Å². The lowest BCUT2D eigenvalue weighted by atomic mass is 9.46. The number of allylic oxidation sites excluding steroid dienone is 1. The minimum Gasteiger partial charge on any atom is -0.466 e. The highest BCUT2D eigenvalue weighted by Crippen LogP contribution is 2.67. The molecule has 0 aromatic heterocycles. The van der Waals surface area contributed by atoms with Crippen LogP contribution < -0.4 is 0 Å². The third-order valence-electron chi connectivity index (χ3n) is 11.4. The smallest absolute Gasteiger partial charge is 0.302 e. The molecule has 4 aliphatic carbocycles. The van der Waals surface area contributed by atoms with Crippen LogP contribution in [0, 0.1) is 40.4 Å². The molecule has 1 saturated heterocycles. The summed E-state index contributed by atoms with van der Waals surface area (Å²) in [5.74, 6) is 3.02. The minimum absolute atomic E-state index is 0.0487. The molecule has 0 spiro atoms. The maximum Gasteiger partial charge on any atom is 0.302 e. The van der Waals surface area contributed by atoms with Gasteiger partial charge in [-0.25, -0.2) is 0 Å². The van der Waals surface area contributed by atoms with E-state index in [0.29, 0.717) is 42.3 Å². The van der Waals surface area contributed by atoms with Gasteiger partial charge in [0.05, 0.1) is 19.8 Å². The standard InChI is InChI=1S/C32H50O6/c1-22(33)35-18-13-24-11-16-32(21-38-30-6-4-5-17-37-30)26(20-24)7-9-27-28-10-8-25(14-19-36-23(2)34)31(28,3)15-12-29(27)32/h7,24-25,27-30H,4-6,8-21H2,1-3H3/t24?,25?,27-,28-,29+,30?,31+,32+/m0/s1. The van der Waals surface area contributed by atoms with Crippen LogP contribution in [0.15, 0.2) is 11.6 Å². The van der Waals surface area contributed by atoms with Crippen molar-refractivity contribution in [3.05, 3.63) is 11.6 Å². The number of fused-ring (bicyclic) bond motifs is 5. The monoisotopic (exact) mass is 530 g/mol. The molecule has 0 amide bonds. The van der Waals surface area contributed by atoms with Crippen molar-refractivity contribution >= 4 is 11.9 Å². The number of ether oxygens (including phenoxy) is 4. The number of esters is 2. The number of carbonyl (C=O) groups is 2. The molecule has 0 N–H and O–H groups in total. The SMILES string of the molecule is CC(=O)OCCC1CC[C@@]2(COC3CCCCO3)C(=CC[C@@H]3[C@H]2CC[C@]2(C)C(CCOC(C)=O)CC[C@@H]32)C1. The molecule has 214 valence electrons. The Morgan fingerprint density at radius 2 is 1.74 bits per heavy atom. The highest BCUT2D eigenvalue weighted by Gasteiger charge is 2.59. The molecule has 4 fully saturated rings. The van der Waals surface area contributed by atoms with Crippen LogP contribution in [-0.4, -0.2) is 44.7 Å². The van der Waals surface area contributed by atoms with Gasteiger partial charge in [-0.15, -0.1) is 0 Å². The Kier molecular flexibility index (Phi) is 8.88. The summed E-state index contributed by atoms with van der Waals surface area (Å²) in [6.07, 6.45) is 17.7. The van der Waals surface area contributed by atoms with E-state index in [0.717, 1.165) is 51.2 Å². The van der Waals surface area contributed by atoms with Crippen LogP contribution in [0.4, 0.5) is 0 Å². The van der Waals surface area contributed by atoms with E-state index in [-0.39, 0.29) is 23.6 Å². The summed E-state index contributed by atoms with van der Waals surface area (Å²) >= 11 is 0. The van der Waals surface area contributed by atoms with Gasteiger partial charge in [-0.3, -0.25) is 9.59 Å². The predicted molar refractivity (Wildman–Crippen MR) is 145 cm³/mol. The van der Waals surface area contributed by atoms with Gasteiger partial charge < -0.3 is 18.9 Å². The quantitative estimate of drug-likeness (QED) is 0.247. The molecule has 0 bridgehead atoms. The first-order valence-corrected chi connectivity index (χ1v) is 15.5. The first-order valence-electron chi connectivity index (χ1n) is 15.5. The number of hydrogen-bond acceptors (Lipinski definition) is 6. The van der Waals surface area contributed by atoms with Crippen LogP contribution in [0.3, 0.4) is 0 Å². The lowest BCUT2D eigenvalue weighted by Crippen LogP contribution is -2.53. The molecule has 3 unspecified atom stereocenters. The van der Waals surface area contributed by atoms with E-state index in [9.17, 15) is 9.59 Å². The van der Waals surface area contributed by atoms with E-state index in [4.69, 9.17) is 18.9 Å². The molecule has 38 heavy (non-hydrogen) atoms. The molecule has 0 aromatic rings. The average Bonchev–Trinajstić information content (AvgIpc) is 3.24. The van der Waals surface area contributed by atoms with Crippen LogP contribution >= 0.6 is 0 Å². The van der Waals surface area contributed by atoms with Crippen LogP contribution in [0.2, 0.25) is 0 Å². The molecule has 0 radical (unpaired) electrons. The lowest BCUT2D eigenvalue weighted by Gasteiger charge is -2.59. The Bertz CT molecular complexity index is 877. The highest BCUT2D eigenvalue weighted by atomic mass is 16.7. The predicted octanol–water partition coefficient (Wildman–Crippen LogP) is 6.61. The molecule has 5 rings (SSSR count). The normalized spacial score (nSPS) is 40.3. The molecule has 1 aliphatic heterocycles. The summed E-state index contributed by atoms with van der Waals surface area (Å²) in [6, 6.07) is 0. The number of hydrogen-bond donors (Lipinski definition) is 0. The van der Waals surface area contributed by atoms with Gasteiger partial charge in [-0.2, -0.15) is 0 Å². The van der Waals surface area contributed by atoms with E-state index in [2.05, 4.69) is 13.0 Å². The first kappa shape index (κ1) is 28.1. The fraction of sp³-hybridized carbons (Fsp3) is 0.875. The molecule has 6 heteroatoms. The van der Waals surface area contributed by atoms with E-state index < -0.39 is 0 Å². The summed E-state index contributed by atoms with van der Waals surface area (Å²) in [4.78, 5) is 22.7. The van der Waals surface area contributed by atoms with Gasteiger partial charge in [0.1, 0.15) is 0 Å². The second kappa shape index (κ2) is 12.0. The Labute approximate surface area is 229 Å². The maximum atomic E-state index is 11.4. The van der Waals surface area contributed by atoms with Gasteiger partial charge in [0.25, 0.3) is 0 Å². The van der Waals surface area contributed by atoms with Crippen molar-refractivity contribution in [2.75, 3.05) is 26.4 Å². The second-order valence-electron chi connectivity index (χ2n) is 13.3. The van der Waals surface area contributed by atoms with Crippen LogP contribution in [0.5, 0.6) is 0 Å². The van der Waals surface area contributed by atoms with Gasteiger partial charge in [-0.1, -0.05) is 18.6 Å². The molecule has 6 nitrogen and oxygen atoms in total. The van der Waals surface area contributed by atoms with Crippen LogP contribution in [0.25, 0.3) is 0 Å². The minimum atomic E-state index is -0.177. The molecule has 5 aliphatic rings. The third-order valence-corrected chi connectivity index (χ3v) is 11.4. The molecule has 8 atom stereocenters. The number of carbonyl (C=O) groups excluding carboxylic acids is 2. The van der Waals surface area contributed by atoms with Gasteiger partial charge in [0, 0.05) is 25.9 Å². The van der Waals surface area contributed by atoms with Crippen molar-refractivity contribution in [1.29, 1.82) is 0 Å². The zero-order valence-electron chi connectivity index (χ0n) is 24.0. The summed E-state index contributed by atoms with van der Waals surface area (Å²) in [7, 11) is 0. The average molecular weight is 531 g/mol. The molecule has 1 heterocycles. The van der Waals surface area contributed by atoms with Gasteiger partial charge in [0.2, 0.25) is 0 Å². The van der Waals surface area contributed by atoms with E-state index in [1.807, 2.05) is 0 Å². The van der Waals surface area contributed by atoms with Crippen molar-refractivity contribution < 1.29 is 28.5 Å². The third kappa shape index (κ3) is 5.73. The number of rotatable bonds is 9. The zero-order chi connectivity index (χ0) is 26.8. The van der Waals surface area contributed by atoms with E-state index in [1.165, 1.54) is 65.2 Å². The van der Waals surface area contributed by atoms with Crippen LogP contribution in [0.1, 0.15) is 104 Å². The summed E-state index contributed by atoms with van der Waals surface area (Å²) in [5, 5.41) is 0.